The third-order valence-electron chi connectivity index (χ3n) is 21.5. The molecule has 0 aromatic carbocycles. The van der Waals surface area contributed by atoms with Crippen molar-refractivity contribution in [3.05, 3.63) is 34.9 Å². The van der Waals surface area contributed by atoms with E-state index in [2.05, 4.69) is 19.9 Å². The number of aliphatic hydroxyl groups is 12. The van der Waals surface area contributed by atoms with Gasteiger partial charge in [0.25, 0.3) is 0 Å². The molecule has 3 heterocycles. The highest BCUT2D eigenvalue weighted by atomic mass is 16.8. The van der Waals surface area contributed by atoms with Crippen molar-refractivity contribution >= 4 is 17.9 Å². The number of hydrogen-bond donors (Lipinski definition) is 13. The Balaban J connectivity index is 1.15. The van der Waals surface area contributed by atoms with Crippen molar-refractivity contribution < 1.29 is 119 Å². The number of carboxylic acids is 1. The molecule has 5 aliphatic carbocycles. The van der Waals surface area contributed by atoms with Gasteiger partial charge in [-0.3, -0.25) is 0 Å². The largest absolute Gasteiger partial charge is 0.479 e. The summed E-state index contributed by atoms with van der Waals surface area (Å²) in [6, 6.07) is 0. The normalized spacial score (nSPS) is 49.8. The molecule has 3 aliphatic heterocycles. The quantitative estimate of drug-likeness (QED) is 0.0415. The van der Waals surface area contributed by atoms with Gasteiger partial charge in [0.05, 0.1) is 50.2 Å². The third kappa shape index (κ3) is 9.98. The van der Waals surface area contributed by atoms with E-state index in [4.69, 9.17) is 37.9 Å². The maximum atomic E-state index is 13.9. The Morgan fingerprint density at radius 1 is 0.630 bits per heavy atom. The minimum absolute atomic E-state index is 0.165. The molecule has 13 N–H and O–H groups in total. The molecule has 0 amide bonds. The molecule has 81 heavy (non-hydrogen) atoms. The summed E-state index contributed by atoms with van der Waals surface area (Å²) in [6.45, 7) is 15.3. The molecule has 3 saturated heterocycles. The van der Waals surface area contributed by atoms with Crippen molar-refractivity contribution in [3.63, 3.8) is 0 Å². The summed E-state index contributed by atoms with van der Waals surface area (Å²) in [4.78, 5) is 40.4. The van der Waals surface area contributed by atoms with Gasteiger partial charge in [0.2, 0.25) is 0 Å². The van der Waals surface area contributed by atoms with Gasteiger partial charge in [-0.25, -0.2) is 14.4 Å². The lowest BCUT2D eigenvalue weighted by Crippen LogP contribution is -2.76. The van der Waals surface area contributed by atoms with E-state index in [1.54, 1.807) is 39.8 Å². The van der Waals surface area contributed by atoms with E-state index < -0.39 is 205 Å². The fourth-order valence-corrected chi connectivity index (χ4v) is 16.2. The summed E-state index contributed by atoms with van der Waals surface area (Å²) >= 11 is 0. The number of rotatable bonds is 15. The highest BCUT2D eigenvalue weighted by molar-refractivity contribution is 5.89. The number of aliphatic carboxylic acids is 1. The average Bonchev–Trinajstić information content (AvgIpc) is 1.99. The molecule has 0 aromatic rings. The monoisotopic (exact) mass is 1160 g/mol. The van der Waals surface area contributed by atoms with Gasteiger partial charge in [-0.1, -0.05) is 65.3 Å². The summed E-state index contributed by atoms with van der Waals surface area (Å²) in [6.07, 6.45) is -25.7. The Morgan fingerprint density at radius 2 is 1.17 bits per heavy atom. The van der Waals surface area contributed by atoms with Crippen molar-refractivity contribution in [3.8, 4) is 0 Å². The zero-order valence-corrected chi connectivity index (χ0v) is 47.8. The van der Waals surface area contributed by atoms with Crippen molar-refractivity contribution in [2.24, 2.45) is 50.2 Å². The van der Waals surface area contributed by atoms with Gasteiger partial charge in [0, 0.05) is 27.4 Å². The Morgan fingerprint density at radius 3 is 1.70 bits per heavy atom. The van der Waals surface area contributed by atoms with Crippen LogP contribution in [-0.4, -0.2) is 227 Å². The van der Waals surface area contributed by atoms with Crippen LogP contribution in [0, 0.1) is 50.2 Å². The first kappa shape index (κ1) is 63.9. The summed E-state index contributed by atoms with van der Waals surface area (Å²) in [5.74, 6) is -4.48. The second kappa shape index (κ2) is 23.3. The Hall–Kier alpha value is -3.09. The molecule has 8 aliphatic rings. The first-order valence-electron chi connectivity index (χ1n) is 28.3. The molecule has 0 radical (unpaired) electrons. The predicted molar refractivity (Wildman–Crippen MR) is 278 cm³/mol. The average molecular weight is 1160 g/mol. The van der Waals surface area contributed by atoms with E-state index in [1.165, 1.54) is 0 Å². The standard InChI is InChI=1S/C57H88O24/c1-11-24(3)47(72)80-44-45(81-48(73)25(4)12-2)57(23-61)27(19-52(44,5)6)26-13-14-31-53(7)17-16-32(54(8,22-60)30(53)15-18-55(31,9)56(26,10)42(68)43(57)69)76-51-41(79-50-37(66)35(64)33(62)28(20-58)74-50)39(38(67)40(78-51)46(70)71)77-49-36(65)34(63)29(21-59)75-49/h11-13,27-45,49-51,58-69H,14-23H2,1-10H3,(H,70,71)/t27?,28?,29-,30?,31?,32-,33+,34?,35+,36-,37?,38-,39+,40?,41?,42-,43+,44-,45-,49-,50-,51+,53-,54+,55+,56-,57-/m0/s1. The highest BCUT2D eigenvalue weighted by Gasteiger charge is 2.77. The summed E-state index contributed by atoms with van der Waals surface area (Å²) in [5, 5.41) is 146. The van der Waals surface area contributed by atoms with Gasteiger partial charge in [-0.15, -0.1) is 0 Å². The van der Waals surface area contributed by atoms with Gasteiger partial charge in [0.1, 0.15) is 67.1 Å². The van der Waals surface area contributed by atoms with Crippen molar-refractivity contribution in [1.29, 1.82) is 0 Å². The molecule has 27 atom stereocenters. The van der Waals surface area contributed by atoms with Crippen LogP contribution in [0.1, 0.15) is 108 Å². The minimum atomic E-state index is -2.18. The molecular weight excluding hydrogens is 1070 g/mol. The van der Waals surface area contributed by atoms with E-state index in [0.29, 0.717) is 31.3 Å². The molecule has 8 rings (SSSR count). The summed E-state index contributed by atoms with van der Waals surface area (Å²) in [5.41, 5.74) is -5.25. The Kier molecular flexibility index (Phi) is 18.4. The smallest absolute Gasteiger partial charge is 0.335 e. The fraction of sp³-hybridized carbons (Fsp3) is 0.842. The molecule has 4 saturated carbocycles. The molecule has 0 aromatic heterocycles. The summed E-state index contributed by atoms with van der Waals surface area (Å²) in [7, 11) is 0. The van der Waals surface area contributed by atoms with Crippen LogP contribution >= 0.6 is 0 Å². The number of hydrogen-bond acceptors (Lipinski definition) is 23. The van der Waals surface area contributed by atoms with Crippen LogP contribution in [0.2, 0.25) is 0 Å². The zero-order valence-electron chi connectivity index (χ0n) is 47.8. The number of esters is 2. The Labute approximate surface area is 471 Å². The van der Waals surface area contributed by atoms with E-state index in [0.717, 1.165) is 5.57 Å². The summed E-state index contributed by atoms with van der Waals surface area (Å²) < 4.78 is 48.8. The van der Waals surface area contributed by atoms with E-state index in [1.807, 2.05) is 27.7 Å². The lowest BCUT2D eigenvalue weighted by Gasteiger charge is -2.73. The van der Waals surface area contributed by atoms with Gasteiger partial charge < -0.3 is 104 Å². The molecule has 24 heteroatoms. The van der Waals surface area contributed by atoms with Crippen molar-refractivity contribution in [2.75, 3.05) is 26.4 Å². The number of allylic oxidation sites excluding steroid dienone is 3. The maximum absolute atomic E-state index is 13.9. The minimum Gasteiger partial charge on any atom is -0.479 e. The number of carbonyl (C=O) groups excluding carboxylic acids is 2. The van der Waals surface area contributed by atoms with Gasteiger partial charge in [-0.05, 0) is 94.8 Å². The van der Waals surface area contributed by atoms with Crippen LogP contribution < -0.4 is 0 Å². The lowest BCUT2D eigenvalue weighted by molar-refractivity contribution is -0.387. The zero-order chi connectivity index (χ0) is 60.0. The van der Waals surface area contributed by atoms with E-state index in [-0.39, 0.29) is 24.3 Å². The van der Waals surface area contributed by atoms with Crippen LogP contribution in [0.25, 0.3) is 0 Å². The topological polar surface area (TPSA) is 388 Å². The van der Waals surface area contributed by atoms with Crippen molar-refractivity contribution in [2.45, 2.75) is 224 Å². The second-order valence-electron chi connectivity index (χ2n) is 25.9. The third-order valence-corrected chi connectivity index (χ3v) is 21.5. The molecule has 24 nitrogen and oxygen atoms in total. The Bertz CT molecular complexity index is 2410. The van der Waals surface area contributed by atoms with Gasteiger partial charge >= 0.3 is 17.9 Å². The number of ether oxygens (including phenoxy) is 8. The molecular formula is C57H88O24. The van der Waals surface area contributed by atoms with Crippen LogP contribution in [0.5, 0.6) is 0 Å². The molecule has 0 spiro atoms. The van der Waals surface area contributed by atoms with E-state index in [9.17, 15) is 80.8 Å². The number of aliphatic hydroxyl groups excluding tert-OH is 12. The number of carbonyl (C=O) groups is 3. The van der Waals surface area contributed by atoms with Crippen LogP contribution in [0.15, 0.2) is 34.9 Å². The maximum Gasteiger partial charge on any atom is 0.335 e. The lowest BCUT2D eigenvalue weighted by atomic mass is 9.32. The van der Waals surface area contributed by atoms with Crippen LogP contribution in [0.4, 0.5) is 0 Å². The van der Waals surface area contributed by atoms with Gasteiger partial charge in [0.15, 0.2) is 31.1 Å². The number of fused-ring (bicyclic) bond motifs is 7. The first-order chi connectivity index (χ1) is 37.9. The molecule has 7 fully saturated rings. The molecule has 460 valence electrons. The van der Waals surface area contributed by atoms with Crippen LogP contribution in [0.3, 0.4) is 0 Å². The SMILES string of the molecule is CC=C(C)C(=O)O[C@H]1[C@H](OC(=O)C(C)=CC)[C@@]2(CO)C(CC1(C)C)C1=CCC3[C@@]4(C)CC[C@H](O[C@@H]5OC(C(=O)O)[C@@H](O)[C@@H](O[C@@H]6O[C@@H](CO)C(O)[C@@H]6O)C5O[C@@H]5OC(CO)[C@@H](O)[C@@H](O)C5O)[C@](C)(CO)C4CC[C@@]3(C)[C@]1(C)[C@@H](O)[C@H]2O. The molecule has 0 bridgehead atoms. The van der Waals surface area contributed by atoms with E-state index >= 15 is 0 Å². The highest BCUT2D eigenvalue weighted by Crippen LogP contribution is 2.76. The second-order valence-corrected chi connectivity index (χ2v) is 25.9. The van der Waals surface area contributed by atoms with Gasteiger partial charge in [-0.2, -0.15) is 0 Å². The van der Waals surface area contributed by atoms with Crippen LogP contribution in [-0.2, 0) is 52.3 Å². The predicted octanol–water partition coefficient (Wildman–Crippen LogP) is -0.765. The molecule has 8 unspecified atom stereocenters. The van der Waals surface area contributed by atoms with Crippen molar-refractivity contribution in [1.82, 2.24) is 0 Å². The number of carboxylic acid groups (broad SMARTS) is 1. The first-order valence-corrected chi connectivity index (χ1v) is 28.3. The fourth-order valence-electron chi connectivity index (χ4n) is 16.2.